The predicted molar refractivity (Wildman–Crippen MR) is 78.8 cm³/mol. The lowest BCUT2D eigenvalue weighted by Crippen LogP contribution is -2.24. The molecular weight excluding hydrogens is 276 g/mol. The molecule has 1 aromatic carbocycles. The van der Waals surface area contributed by atoms with Crippen molar-refractivity contribution < 1.29 is 9.32 Å². The van der Waals surface area contributed by atoms with E-state index in [1.54, 1.807) is 18.2 Å². The Hall–Kier alpha value is -1.81. The summed E-state index contributed by atoms with van der Waals surface area (Å²) in [5.74, 6) is 0.323. The molecule has 4 nitrogen and oxygen atoms in total. The number of carbonyl (C=O) groups is 1. The van der Waals surface area contributed by atoms with Gasteiger partial charge < -0.3 is 9.84 Å². The second kappa shape index (κ2) is 7.10. The molecule has 0 unspecified atom stereocenters. The van der Waals surface area contributed by atoms with Gasteiger partial charge in [-0.15, -0.1) is 0 Å². The van der Waals surface area contributed by atoms with E-state index in [0.29, 0.717) is 17.3 Å². The molecule has 20 heavy (non-hydrogen) atoms. The number of rotatable bonds is 6. The van der Waals surface area contributed by atoms with Crippen LogP contribution in [0.25, 0.3) is 11.3 Å². The van der Waals surface area contributed by atoms with Gasteiger partial charge in [-0.3, -0.25) is 4.79 Å². The minimum Gasteiger partial charge on any atom is -0.355 e. The fraction of sp³-hybridized carbons (Fsp3) is 0.333. The fourth-order valence-electron chi connectivity index (χ4n) is 1.83. The normalized spacial score (nSPS) is 10.5. The summed E-state index contributed by atoms with van der Waals surface area (Å²) in [6, 6.07) is 8.86. The second-order valence-electron chi connectivity index (χ2n) is 4.55. The highest BCUT2D eigenvalue weighted by molar-refractivity contribution is 6.30. The van der Waals surface area contributed by atoms with Gasteiger partial charge in [-0.1, -0.05) is 48.7 Å². The first-order valence-corrected chi connectivity index (χ1v) is 7.09. The van der Waals surface area contributed by atoms with Gasteiger partial charge in [0.15, 0.2) is 11.5 Å². The summed E-state index contributed by atoms with van der Waals surface area (Å²) >= 11 is 5.92. The van der Waals surface area contributed by atoms with Crippen LogP contribution in [0.4, 0.5) is 0 Å². The number of carbonyl (C=O) groups excluding carboxylic acids is 1. The van der Waals surface area contributed by atoms with E-state index in [2.05, 4.69) is 17.4 Å². The Morgan fingerprint density at radius 2 is 2.20 bits per heavy atom. The maximum Gasteiger partial charge on any atom is 0.273 e. The first-order valence-electron chi connectivity index (χ1n) is 6.71. The van der Waals surface area contributed by atoms with Gasteiger partial charge in [-0.25, -0.2) is 0 Å². The average Bonchev–Trinajstić information content (AvgIpc) is 2.93. The maximum absolute atomic E-state index is 11.9. The lowest BCUT2D eigenvalue weighted by atomic mass is 10.1. The van der Waals surface area contributed by atoms with Gasteiger partial charge >= 0.3 is 0 Å². The van der Waals surface area contributed by atoms with Crippen molar-refractivity contribution in [3.63, 3.8) is 0 Å². The molecular formula is C15H17ClN2O2. The van der Waals surface area contributed by atoms with Gasteiger partial charge in [0.2, 0.25) is 0 Å². The Bertz CT molecular complexity index is 581. The van der Waals surface area contributed by atoms with E-state index in [1.807, 2.05) is 12.1 Å². The van der Waals surface area contributed by atoms with Crippen LogP contribution in [0.3, 0.4) is 0 Å². The molecule has 0 fully saturated rings. The molecule has 5 heteroatoms. The van der Waals surface area contributed by atoms with E-state index in [0.717, 1.165) is 24.8 Å². The zero-order chi connectivity index (χ0) is 14.4. The number of nitrogens with one attached hydrogen (secondary N) is 1. The second-order valence-corrected chi connectivity index (χ2v) is 4.99. The van der Waals surface area contributed by atoms with Crippen molar-refractivity contribution in [2.75, 3.05) is 6.54 Å². The number of hydrogen-bond acceptors (Lipinski definition) is 3. The highest BCUT2D eigenvalue weighted by Gasteiger charge is 2.13. The van der Waals surface area contributed by atoms with Gasteiger partial charge in [-0.05, 0) is 18.6 Å². The van der Waals surface area contributed by atoms with Crippen LogP contribution < -0.4 is 5.32 Å². The minimum atomic E-state index is -0.210. The molecule has 1 N–H and O–H groups in total. The molecule has 0 atom stereocenters. The Morgan fingerprint density at radius 1 is 1.35 bits per heavy atom. The molecule has 106 valence electrons. The number of unbranched alkanes of at least 4 members (excludes halogenated alkanes) is 2. The number of hydrogen-bond donors (Lipinski definition) is 1. The Labute approximate surface area is 123 Å². The molecule has 1 aromatic heterocycles. The maximum atomic E-state index is 11.9. The predicted octanol–water partition coefficient (Wildman–Crippen LogP) is 3.92. The van der Waals surface area contributed by atoms with Crippen LogP contribution in [-0.4, -0.2) is 17.6 Å². The lowest BCUT2D eigenvalue weighted by Gasteiger charge is -2.00. The summed E-state index contributed by atoms with van der Waals surface area (Å²) in [5.41, 5.74) is 1.09. The fourth-order valence-corrected chi connectivity index (χ4v) is 2.02. The van der Waals surface area contributed by atoms with Crippen molar-refractivity contribution in [2.24, 2.45) is 0 Å². The average molecular weight is 293 g/mol. The summed E-state index contributed by atoms with van der Waals surface area (Å²) in [4.78, 5) is 11.9. The van der Waals surface area contributed by atoms with Crippen molar-refractivity contribution in [3.8, 4) is 11.3 Å². The molecule has 2 rings (SSSR count). The highest BCUT2D eigenvalue weighted by atomic mass is 35.5. The van der Waals surface area contributed by atoms with Crippen molar-refractivity contribution in [2.45, 2.75) is 26.2 Å². The van der Waals surface area contributed by atoms with Gasteiger partial charge in [-0.2, -0.15) is 0 Å². The molecule has 0 aliphatic rings. The summed E-state index contributed by atoms with van der Waals surface area (Å²) in [7, 11) is 0. The van der Waals surface area contributed by atoms with Gasteiger partial charge in [0.05, 0.1) is 0 Å². The van der Waals surface area contributed by atoms with Gasteiger partial charge in [0.1, 0.15) is 0 Å². The van der Waals surface area contributed by atoms with Crippen LogP contribution in [0, 0.1) is 0 Å². The van der Waals surface area contributed by atoms with Gasteiger partial charge in [0.25, 0.3) is 5.91 Å². The van der Waals surface area contributed by atoms with E-state index in [-0.39, 0.29) is 11.6 Å². The third-order valence-electron chi connectivity index (χ3n) is 2.92. The van der Waals surface area contributed by atoms with E-state index < -0.39 is 0 Å². The third-order valence-corrected chi connectivity index (χ3v) is 3.15. The van der Waals surface area contributed by atoms with Crippen LogP contribution in [0.5, 0.6) is 0 Å². The van der Waals surface area contributed by atoms with Crippen LogP contribution >= 0.6 is 11.6 Å². The molecule has 1 heterocycles. The number of amides is 1. The number of aromatic nitrogens is 1. The summed E-state index contributed by atoms with van der Waals surface area (Å²) < 4.78 is 5.18. The van der Waals surface area contributed by atoms with E-state index >= 15 is 0 Å². The highest BCUT2D eigenvalue weighted by Crippen LogP contribution is 2.23. The van der Waals surface area contributed by atoms with Crippen molar-refractivity contribution in [1.29, 1.82) is 0 Å². The molecule has 2 aromatic rings. The van der Waals surface area contributed by atoms with Crippen LogP contribution in [0.2, 0.25) is 5.02 Å². The number of halogens is 1. The molecule has 0 bridgehead atoms. The first-order chi connectivity index (χ1) is 9.70. The van der Waals surface area contributed by atoms with Crippen molar-refractivity contribution >= 4 is 17.5 Å². The smallest absolute Gasteiger partial charge is 0.273 e. The van der Waals surface area contributed by atoms with Crippen molar-refractivity contribution in [1.82, 2.24) is 10.5 Å². The summed E-state index contributed by atoms with van der Waals surface area (Å²) in [6.07, 6.45) is 3.20. The molecule has 1 amide bonds. The monoisotopic (exact) mass is 292 g/mol. The van der Waals surface area contributed by atoms with E-state index in [4.69, 9.17) is 16.1 Å². The summed E-state index contributed by atoms with van der Waals surface area (Å²) in [6.45, 7) is 2.78. The third kappa shape index (κ3) is 3.84. The van der Waals surface area contributed by atoms with Crippen molar-refractivity contribution in [3.05, 3.63) is 41.0 Å². The molecule has 0 aliphatic carbocycles. The SMILES string of the molecule is CCCCCNC(=O)c1cc(-c2cccc(Cl)c2)on1. The standard InChI is InChI=1S/C15H17ClN2O2/c1-2-3-4-8-17-15(19)13-10-14(20-18-13)11-6-5-7-12(16)9-11/h5-7,9-10H,2-4,8H2,1H3,(H,17,19). The van der Waals surface area contributed by atoms with E-state index in [9.17, 15) is 4.79 Å². The quantitative estimate of drug-likeness (QED) is 0.821. The Morgan fingerprint density at radius 3 is 2.95 bits per heavy atom. The van der Waals surface area contributed by atoms with Gasteiger partial charge in [0, 0.05) is 23.2 Å². The molecule has 0 radical (unpaired) electrons. The number of benzene rings is 1. The molecule has 0 saturated heterocycles. The number of nitrogens with zero attached hydrogens (tertiary/aromatic N) is 1. The topological polar surface area (TPSA) is 55.1 Å². The molecule has 0 spiro atoms. The zero-order valence-electron chi connectivity index (χ0n) is 11.4. The first kappa shape index (κ1) is 14.6. The molecule has 0 aliphatic heterocycles. The largest absolute Gasteiger partial charge is 0.355 e. The lowest BCUT2D eigenvalue weighted by molar-refractivity contribution is 0.0944. The Kier molecular flexibility index (Phi) is 5.18. The molecule has 0 saturated carbocycles. The summed E-state index contributed by atoms with van der Waals surface area (Å²) in [5, 5.41) is 7.23. The van der Waals surface area contributed by atoms with Crippen LogP contribution in [0.1, 0.15) is 36.7 Å². The minimum absolute atomic E-state index is 0.210. The van der Waals surface area contributed by atoms with Crippen LogP contribution in [0.15, 0.2) is 34.9 Å². The zero-order valence-corrected chi connectivity index (χ0v) is 12.1. The van der Waals surface area contributed by atoms with E-state index in [1.165, 1.54) is 0 Å². The Balaban J connectivity index is 2.00. The van der Waals surface area contributed by atoms with Crippen LogP contribution in [-0.2, 0) is 0 Å².